The molecule has 0 aromatic heterocycles. The molecule has 0 unspecified atom stereocenters. The van der Waals surface area contributed by atoms with Crippen LogP contribution in [0.15, 0.2) is 42.5 Å². The van der Waals surface area contributed by atoms with Gasteiger partial charge in [-0.15, -0.1) is 0 Å². The second kappa shape index (κ2) is 13.5. The number of carbonyl (C=O) groups excluding carboxylic acids is 2. The van der Waals surface area contributed by atoms with Crippen molar-refractivity contribution in [2.75, 3.05) is 37.6 Å². The summed E-state index contributed by atoms with van der Waals surface area (Å²) in [5.74, 6) is 1.57. The number of amides is 2. The van der Waals surface area contributed by atoms with E-state index in [4.69, 9.17) is 14.2 Å². The van der Waals surface area contributed by atoms with Crippen LogP contribution in [-0.2, 0) is 26.2 Å². The highest BCUT2D eigenvalue weighted by Gasteiger charge is 2.29. The van der Waals surface area contributed by atoms with Gasteiger partial charge in [-0.2, -0.15) is 0 Å². The number of benzene rings is 2. The molecule has 39 heavy (non-hydrogen) atoms. The van der Waals surface area contributed by atoms with E-state index in [1.165, 1.54) is 4.31 Å². The zero-order chi connectivity index (χ0) is 28.6. The van der Waals surface area contributed by atoms with Crippen molar-refractivity contribution in [1.29, 1.82) is 0 Å². The number of hydrogen-bond donors (Lipinski definition) is 1. The summed E-state index contributed by atoms with van der Waals surface area (Å²) in [7, 11) is -2.04. The van der Waals surface area contributed by atoms with E-state index in [9.17, 15) is 18.0 Å². The van der Waals surface area contributed by atoms with Gasteiger partial charge >= 0.3 is 0 Å². The van der Waals surface area contributed by atoms with E-state index in [0.29, 0.717) is 35.9 Å². The van der Waals surface area contributed by atoms with Crippen molar-refractivity contribution in [2.45, 2.75) is 52.6 Å². The molecule has 10 nitrogen and oxygen atoms in total. The van der Waals surface area contributed by atoms with Gasteiger partial charge in [0.1, 0.15) is 11.8 Å². The van der Waals surface area contributed by atoms with Crippen LogP contribution in [-0.4, -0.2) is 64.4 Å². The molecule has 1 heterocycles. The Kier molecular flexibility index (Phi) is 10.4. The van der Waals surface area contributed by atoms with Gasteiger partial charge in [0.05, 0.1) is 19.1 Å². The van der Waals surface area contributed by atoms with Crippen molar-refractivity contribution >= 4 is 27.5 Å². The molecule has 1 atom stereocenters. The average molecular weight is 562 g/mol. The van der Waals surface area contributed by atoms with E-state index < -0.39 is 16.1 Å². The van der Waals surface area contributed by atoms with E-state index in [1.807, 2.05) is 45.0 Å². The van der Waals surface area contributed by atoms with Crippen molar-refractivity contribution < 1.29 is 32.2 Å². The number of sulfonamides is 1. The molecule has 0 radical (unpaired) electrons. The molecule has 2 aromatic carbocycles. The summed E-state index contributed by atoms with van der Waals surface area (Å²) in [6, 6.07) is 11.6. The van der Waals surface area contributed by atoms with Crippen LogP contribution in [0.1, 0.15) is 45.6 Å². The zero-order valence-corrected chi connectivity index (χ0v) is 24.1. The number of fused-ring (bicyclic) bond motifs is 1. The maximum atomic E-state index is 13.6. The lowest BCUT2D eigenvalue weighted by Gasteiger charge is -2.31. The van der Waals surface area contributed by atoms with Gasteiger partial charge in [0.15, 0.2) is 11.5 Å². The smallest absolute Gasteiger partial charge is 0.242 e. The Morgan fingerprint density at radius 2 is 1.77 bits per heavy atom. The molecule has 0 saturated carbocycles. The van der Waals surface area contributed by atoms with Crippen LogP contribution < -0.4 is 23.8 Å². The lowest BCUT2D eigenvalue weighted by Crippen LogP contribution is -2.49. The first-order valence-corrected chi connectivity index (χ1v) is 15.0. The second-order valence-electron chi connectivity index (χ2n) is 9.91. The molecule has 214 valence electrons. The van der Waals surface area contributed by atoms with Crippen LogP contribution in [0.2, 0.25) is 0 Å². The fourth-order valence-electron chi connectivity index (χ4n) is 4.31. The first-order chi connectivity index (χ1) is 18.5. The Balaban J connectivity index is 1.76. The minimum absolute atomic E-state index is 0.0701. The lowest BCUT2D eigenvalue weighted by molar-refractivity contribution is -0.141. The monoisotopic (exact) mass is 561 g/mol. The van der Waals surface area contributed by atoms with Crippen LogP contribution in [0.3, 0.4) is 0 Å². The van der Waals surface area contributed by atoms with Gasteiger partial charge < -0.3 is 24.4 Å². The third-order valence-electron chi connectivity index (χ3n) is 6.38. The predicted molar refractivity (Wildman–Crippen MR) is 149 cm³/mol. The molecular formula is C28H39N3O7S. The molecular weight excluding hydrogens is 522 g/mol. The number of ether oxygens (including phenoxy) is 3. The largest absolute Gasteiger partial charge is 0.497 e. The Morgan fingerprint density at radius 3 is 2.38 bits per heavy atom. The van der Waals surface area contributed by atoms with E-state index in [1.54, 1.807) is 30.2 Å². The van der Waals surface area contributed by atoms with Gasteiger partial charge in [0.25, 0.3) is 0 Å². The molecule has 1 aliphatic heterocycles. The first kappa shape index (κ1) is 30.1. The van der Waals surface area contributed by atoms with Crippen molar-refractivity contribution in [1.82, 2.24) is 10.2 Å². The SMILES string of the molecule is CC[C@H](C(=O)NCC(C)C)N(Cc1ccc(OC)cc1)C(=O)CCCN(c1ccc2c(c1)OCO2)S(C)(=O)=O. The number of nitrogens with zero attached hydrogens (tertiary/aromatic N) is 2. The molecule has 1 aliphatic rings. The molecule has 3 rings (SSSR count). The standard InChI is InChI=1S/C28H39N3O7S/c1-6-24(28(33)29-17-20(2)3)30(18-21-9-12-23(36-4)13-10-21)27(32)8-7-15-31(39(5,34)35)22-11-14-25-26(16-22)38-19-37-25/h9-14,16,20,24H,6-8,15,17-19H2,1-5H3,(H,29,33)/t24-/m1/s1. The van der Waals surface area contributed by atoms with Gasteiger partial charge in [0.2, 0.25) is 28.6 Å². The fourth-order valence-corrected chi connectivity index (χ4v) is 5.27. The van der Waals surface area contributed by atoms with E-state index >= 15 is 0 Å². The highest BCUT2D eigenvalue weighted by Crippen LogP contribution is 2.36. The van der Waals surface area contributed by atoms with Gasteiger partial charge in [-0.05, 0) is 48.6 Å². The van der Waals surface area contributed by atoms with Crippen LogP contribution in [0.5, 0.6) is 17.2 Å². The van der Waals surface area contributed by atoms with E-state index in [0.717, 1.165) is 11.8 Å². The fraction of sp³-hybridized carbons (Fsp3) is 0.500. The van der Waals surface area contributed by atoms with Gasteiger partial charge in [-0.25, -0.2) is 8.42 Å². The van der Waals surface area contributed by atoms with Crippen molar-refractivity contribution in [3.05, 3.63) is 48.0 Å². The molecule has 0 aliphatic carbocycles. The van der Waals surface area contributed by atoms with Crippen molar-refractivity contribution in [3.8, 4) is 17.2 Å². The summed E-state index contributed by atoms with van der Waals surface area (Å²) < 4.78 is 42.4. The number of nitrogens with one attached hydrogen (secondary N) is 1. The summed E-state index contributed by atoms with van der Waals surface area (Å²) in [5, 5.41) is 2.95. The summed E-state index contributed by atoms with van der Waals surface area (Å²) in [5.41, 5.74) is 1.29. The summed E-state index contributed by atoms with van der Waals surface area (Å²) in [4.78, 5) is 28.2. The Hall–Kier alpha value is -3.47. The Labute approximate surface area is 231 Å². The Morgan fingerprint density at radius 1 is 1.08 bits per heavy atom. The molecule has 0 spiro atoms. The van der Waals surface area contributed by atoms with Gasteiger partial charge in [0, 0.05) is 32.1 Å². The first-order valence-electron chi connectivity index (χ1n) is 13.1. The number of anilines is 1. The maximum Gasteiger partial charge on any atom is 0.242 e. The van der Waals surface area contributed by atoms with Gasteiger partial charge in [-0.3, -0.25) is 13.9 Å². The van der Waals surface area contributed by atoms with E-state index in [2.05, 4.69) is 5.32 Å². The predicted octanol–water partition coefficient (Wildman–Crippen LogP) is 3.55. The molecule has 0 saturated heterocycles. The molecule has 0 bridgehead atoms. The molecule has 11 heteroatoms. The quantitative estimate of drug-likeness (QED) is 0.375. The number of hydrogen-bond acceptors (Lipinski definition) is 7. The lowest BCUT2D eigenvalue weighted by atomic mass is 10.1. The van der Waals surface area contributed by atoms with Gasteiger partial charge in [-0.1, -0.05) is 32.9 Å². The summed E-state index contributed by atoms with van der Waals surface area (Å²) >= 11 is 0. The topological polar surface area (TPSA) is 114 Å². The maximum absolute atomic E-state index is 13.6. The summed E-state index contributed by atoms with van der Waals surface area (Å²) in [6.45, 7) is 6.83. The summed E-state index contributed by atoms with van der Waals surface area (Å²) in [6.07, 6.45) is 1.91. The number of carbonyl (C=O) groups is 2. The molecule has 2 amide bonds. The third kappa shape index (κ3) is 8.26. The minimum atomic E-state index is -3.62. The number of rotatable bonds is 14. The third-order valence-corrected chi connectivity index (χ3v) is 7.57. The van der Waals surface area contributed by atoms with Crippen LogP contribution in [0.4, 0.5) is 5.69 Å². The second-order valence-corrected chi connectivity index (χ2v) is 11.8. The Bertz CT molecular complexity index is 1230. The van der Waals surface area contributed by atoms with Crippen molar-refractivity contribution in [3.63, 3.8) is 0 Å². The highest BCUT2D eigenvalue weighted by molar-refractivity contribution is 7.92. The van der Waals surface area contributed by atoms with Crippen LogP contribution in [0.25, 0.3) is 0 Å². The highest BCUT2D eigenvalue weighted by atomic mass is 32.2. The minimum Gasteiger partial charge on any atom is -0.497 e. The average Bonchev–Trinajstić information content (AvgIpc) is 3.37. The van der Waals surface area contributed by atoms with Crippen LogP contribution in [0, 0.1) is 5.92 Å². The van der Waals surface area contributed by atoms with E-state index in [-0.39, 0.29) is 50.5 Å². The zero-order valence-electron chi connectivity index (χ0n) is 23.3. The normalized spacial score (nSPS) is 13.2. The number of methoxy groups -OCH3 is 1. The van der Waals surface area contributed by atoms with Crippen molar-refractivity contribution in [2.24, 2.45) is 5.92 Å². The molecule has 2 aromatic rings. The van der Waals surface area contributed by atoms with Crippen LogP contribution >= 0.6 is 0 Å². The molecule has 1 N–H and O–H groups in total. The molecule has 0 fully saturated rings.